The Morgan fingerprint density at radius 1 is 0.692 bits per heavy atom. The average Bonchev–Trinajstić information content (AvgIpc) is 2.75. The van der Waals surface area contributed by atoms with Crippen molar-refractivity contribution in [2.75, 3.05) is 54.0 Å². The number of anilines is 3. The van der Waals surface area contributed by atoms with Crippen LogP contribution in [0.5, 0.6) is 0 Å². The van der Waals surface area contributed by atoms with E-state index in [4.69, 9.17) is 5.26 Å². The molecule has 0 radical (unpaired) electrons. The first-order chi connectivity index (χ1) is 12.8. The SMILES string of the molecule is N#Cc1cccc(N2CCN(c3ccc(N4CCCCC4)nn3)CC2)n1. The molecule has 2 fully saturated rings. The lowest BCUT2D eigenvalue weighted by Crippen LogP contribution is -2.47. The van der Waals surface area contributed by atoms with Crippen LogP contribution in [0.4, 0.5) is 17.5 Å². The maximum atomic E-state index is 9.01. The number of rotatable bonds is 3. The van der Waals surface area contributed by atoms with Crippen LogP contribution in [0, 0.1) is 11.3 Å². The Morgan fingerprint density at radius 3 is 1.85 bits per heavy atom. The summed E-state index contributed by atoms with van der Waals surface area (Å²) in [5.74, 6) is 2.80. The van der Waals surface area contributed by atoms with Crippen molar-refractivity contribution in [3.8, 4) is 6.07 Å². The summed E-state index contributed by atoms with van der Waals surface area (Å²) in [5, 5.41) is 17.9. The lowest BCUT2D eigenvalue weighted by Gasteiger charge is -2.36. The van der Waals surface area contributed by atoms with E-state index >= 15 is 0 Å². The van der Waals surface area contributed by atoms with Gasteiger partial charge in [0.25, 0.3) is 0 Å². The molecule has 7 heteroatoms. The van der Waals surface area contributed by atoms with Crippen LogP contribution in [-0.4, -0.2) is 54.4 Å². The van der Waals surface area contributed by atoms with E-state index in [0.717, 1.165) is 56.7 Å². The highest BCUT2D eigenvalue weighted by Crippen LogP contribution is 2.21. The van der Waals surface area contributed by atoms with E-state index in [0.29, 0.717) is 5.69 Å². The maximum Gasteiger partial charge on any atom is 0.151 e. The Balaban J connectivity index is 1.37. The summed E-state index contributed by atoms with van der Waals surface area (Å²) in [7, 11) is 0. The van der Waals surface area contributed by atoms with Gasteiger partial charge in [-0.15, -0.1) is 10.2 Å². The second kappa shape index (κ2) is 7.56. The molecular formula is C19H23N7. The largest absolute Gasteiger partial charge is 0.355 e. The van der Waals surface area contributed by atoms with Crippen molar-refractivity contribution in [2.24, 2.45) is 0 Å². The minimum atomic E-state index is 0.462. The van der Waals surface area contributed by atoms with E-state index in [9.17, 15) is 0 Å². The number of piperazine rings is 1. The molecule has 0 spiro atoms. The number of piperidine rings is 1. The maximum absolute atomic E-state index is 9.01. The molecule has 0 unspecified atom stereocenters. The van der Waals surface area contributed by atoms with Crippen LogP contribution in [0.25, 0.3) is 0 Å². The fourth-order valence-corrected chi connectivity index (χ4v) is 3.60. The third-order valence-electron chi connectivity index (χ3n) is 5.09. The van der Waals surface area contributed by atoms with Gasteiger partial charge in [0, 0.05) is 39.3 Å². The highest BCUT2D eigenvalue weighted by molar-refractivity contribution is 5.48. The number of nitrogens with zero attached hydrogens (tertiary/aromatic N) is 7. The zero-order valence-electron chi connectivity index (χ0n) is 14.9. The van der Waals surface area contributed by atoms with Gasteiger partial charge >= 0.3 is 0 Å². The highest BCUT2D eigenvalue weighted by atomic mass is 15.3. The van der Waals surface area contributed by atoms with Crippen LogP contribution in [0.15, 0.2) is 30.3 Å². The Hall–Kier alpha value is -2.88. The van der Waals surface area contributed by atoms with Crippen LogP contribution >= 0.6 is 0 Å². The molecule has 2 saturated heterocycles. The molecule has 0 bridgehead atoms. The highest BCUT2D eigenvalue weighted by Gasteiger charge is 2.20. The van der Waals surface area contributed by atoms with Gasteiger partial charge < -0.3 is 14.7 Å². The van der Waals surface area contributed by atoms with Crippen molar-refractivity contribution >= 4 is 17.5 Å². The molecule has 26 heavy (non-hydrogen) atoms. The monoisotopic (exact) mass is 349 g/mol. The van der Waals surface area contributed by atoms with Gasteiger partial charge in [-0.1, -0.05) is 6.07 Å². The van der Waals surface area contributed by atoms with E-state index in [1.165, 1.54) is 19.3 Å². The van der Waals surface area contributed by atoms with Crippen LogP contribution < -0.4 is 14.7 Å². The Labute approximate surface area is 153 Å². The summed E-state index contributed by atoms with van der Waals surface area (Å²) >= 11 is 0. The van der Waals surface area contributed by atoms with Crippen molar-refractivity contribution in [3.63, 3.8) is 0 Å². The van der Waals surface area contributed by atoms with Crippen molar-refractivity contribution < 1.29 is 0 Å². The summed E-state index contributed by atoms with van der Waals surface area (Å²) in [4.78, 5) is 11.2. The second-order valence-corrected chi connectivity index (χ2v) is 6.76. The fourth-order valence-electron chi connectivity index (χ4n) is 3.60. The topological polar surface area (TPSA) is 72.2 Å². The molecular weight excluding hydrogens is 326 g/mol. The first-order valence-corrected chi connectivity index (χ1v) is 9.29. The van der Waals surface area contributed by atoms with Crippen molar-refractivity contribution in [3.05, 3.63) is 36.0 Å². The van der Waals surface area contributed by atoms with E-state index in [1.807, 2.05) is 12.1 Å². The zero-order valence-corrected chi connectivity index (χ0v) is 14.9. The zero-order chi connectivity index (χ0) is 17.8. The number of hydrogen-bond donors (Lipinski definition) is 0. The third-order valence-corrected chi connectivity index (χ3v) is 5.09. The van der Waals surface area contributed by atoms with Gasteiger partial charge in [-0.3, -0.25) is 0 Å². The molecule has 0 saturated carbocycles. The van der Waals surface area contributed by atoms with Crippen molar-refractivity contribution in [1.82, 2.24) is 15.2 Å². The molecule has 0 atom stereocenters. The molecule has 0 amide bonds. The molecule has 2 aromatic heterocycles. The molecule has 134 valence electrons. The number of nitriles is 1. The smallest absolute Gasteiger partial charge is 0.151 e. The third kappa shape index (κ3) is 3.54. The molecule has 4 rings (SSSR count). The van der Waals surface area contributed by atoms with Gasteiger partial charge in [0.15, 0.2) is 11.6 Å². The standard InChI is InChI=1S/C19H23N7/c20-15-16-5-4-6-17(21-16)25-11-13-26(14-12-25)19-8-7-18(22-23-19)24-9-2-1-3-10-24/h4-8H,1-3,9-14H2. The predicted molar refractivity (Wildman–Crippen MR) is 101 cm³/mol. The normalized spacial score (nSPS) is 17.9. The van der Waals surface area contributed by atoms with Crippen LogP contribution in [0.1, 0.15) is 25.0 Å². The molecule has 2 aromatic rings. The van der Waals surface area contributed by atoms with Gasteiger partial charge in [0.05, 0.1) is 0 Å². The summed E-state index contributed by atoms with van der Waals surface area (Å²) in [6.45, 7) is 5.63. The first kappa shape index (κ1) is 16.6. The van der Waals surface area contributed by atoms with Gasteiger partial charge in [0.2, 0.25) is 0 Å². The Bertz CT molecular complexity index is 769. The Kier molecular flexibility index (Phi) is 4.82. The Morgan fingerprint density at radius 2 is 1.27 bits per heavy atom. The lowest BCUT2D eigenvalue weighted by molar-refractivity contribution is 0.570. The summed E-state index contributed by atoms with van der Waals surface area (Å²) in [5.41, 5.74) is 0.462. The first-order valence-electron chi connectivity index (χ1n) is 9.29. The molecule has 2 aliphatic heterocycles. The lowest BCUT2D eigenvalue weighted by atomic mass is 10.1. The molecule has 7 nitrogen and oxygen atoms in total. The van der Waals surface area contributed by atoms with Crippen LogP contribution in [0.2, 0.25) is 0 Å². The van der Waals surface area contributed by atoms with E-state index in [-0.39, 0.29) is 0 Å². The molecule has 0 aliphatic carbocycles. The predicted octanol–water partition coefficient (Wildman–Crippen LogP) is 2.06. The fraction of sp³-hybridized carbons (Fsp3) is 0.474. The summed E-state index contributed by atoms with van der Waals surface area (Å²) in [6.07, 6.45) is 3.80. The number of hydrogen-bond acceptors (Lipinski definition) is 7. The van der Waals surface area contributed by atoms with Crippen molar-refractivity contribution in [2.45, 2.75) is 19.3 Å². The molecule has 2 aliphatic rings. The minimum Gasteiger partial charge on any atom is -0.355 e. The van der Waals surface area contributed by atoms with E-state index in [2.05, 4.69) is 48.1 Å². The summed E-state index contributed by atoms with van der Waals surface area (Å²) < 4.78 is 0. The number of pyridine rings is 1. The van der Waals surface area contributed by atoms with Crippen LogP contribution in [-0.2, 0) is 0 Å². The molecule has 4 heterocycles. The number of aromatic nitrogens is 3. The quantitative estimate of drug-likeness (QED) is 0.840. The van der Waals surface area contributed by atoms with Crippen molar-refractivity contribution in [1.29, 1.82) is 5.26 Å². The van der Waals surface area contributed by atoms with Gasteiger partial charge in [-0.05, 0) is 43.5 Å². The second-order valence-electron chi connectivity index (χ2n) is 6.76. The summed E-state index contributed by atoms with van der Waals surface area (Å²) in [6, 6.07) is 11.9. The average molecular weight is 349 g/mol. The van der Waals surface area contributed by atoms with Gasteiger partial charge in [-0.2, -0.15) is 5.26 Å². The molecule has 0 N–H and O–H groups in total. The van der Waals surface area contributed by atoms with Gasteiger partial charge in [-0.25, -0.2) is 4.98 Å². The van der Waals surface area contributed by atoms with Crippen LogP contribution in [0.3, 0.4) is 0 Å². The van der Waals surface area contributed by atoms with E-state index < -0.39 is 0 Å². The minimum absolute atomic E-state index is 0.462. The van der Waals surface area contributed by atoms with E-state index in [1.54, 1.807) is 6.07 Å². The van der Waals surface area contributed by atoms with Gasteiger partial charge in [0.1, 0.15) is 17.6 Å². The molecule has 0 aromatic carbocycles.